The van der Waals surface area contributed by atoms with Crippen molar-refractivity contribution in [3.8, 4) is 0 Å². The van der Waals surface area contributed by atoms with Gasteiger partial charge in [-0.3, -0.25) is 4.79 Å². The lowest BCUT2D eigenvalue weighted by atomic mass is 10.2. The van der Waals surface area contributed by atoms with Crippen LogP contribution < -0.4 is 5.32 Å². The molecule has 0 aliphatic rings. The van der Waals surface area contributed by atoms with Gasteiger partial charge in [0.1, 0.15) is 0 Å². The molecule has 0 bridgehead atoms. The van der Waals surface area contributed by atoms with E-state index in [1.807, 2.05) is 30.5 Å². The summed E-state index contributed by atoms with van der Waals surface area (Å²) in [5.74, 6) is -0.0536. The fraction of sp³-hybridized carbons (Fsp3) is 0.0833. The summed E-state index contributed by atoms with van der Waals surface area (Å²) >= 11 is 1.45. The molecule has 0 spiro atoms. The Kier molecular flexibility index (Phi) is 2.83. The van der Waals surface area contributed by atoms with E-state index in [-0.39, 0.29) is 5.91 Å². The average molecular weight is 216 g/mol. The van der Waals surface area contributed by atoms with E-state index < -0.39 is 0 Å². The third-order valence-corrected chi connectivity index (χ3v) is 3.05. The highest BCUT2D eigenvalue weighted by molar-refractivity contribution is 7.12. The van der Waals surface area contributed by atoms with Crippen molar-refractivity contribution < 1.29 is 4.79 Å². The third-order valence-electron chi connectivity index (χ3n) is 2.03. The number of thiophene rings is 1. The number of aryl methyl sites for hydroxylation is 1. The SMILES string of the molecule is Cc1ccsc1C(=O)Nc1c[c]ccc1. The van der Waals surface area contributed by atoms with Gasteiger partial charge in [-0.15, -0.1) is 11.3 Å². The molecule has 1 heterocycles. The van der Waals surface area contributed by atoms with Crippen LogP contribution in [0, 0.1) is 13.0 Å². The van der Waals surface area contributed by atoms with E-state index in [0.29, 0.717) is 0 Å². The van der Waals surface area contributed by atoms with Crippen molar-refractivity contribution in [1.29, 1.82) is 0 Å². The van der Waals surface area contributed by atoms with Crippen LogP contribution in [-0.4, -0.2) is 5.91 Å². The lowest BCUT2D eigenvalue weighted by molar-refractivity contribution is 0.103. The number of benzene rings is 1. The Morgan fingerprint density at radius 3 is 2.93 bits per heavy atom. The number of rotatable bonds is 2. The van der Waals surface area contributed by atoms with Crippen LogP contribution in [0.2, 0.25) is 0 Å². The maximum atomic E-state index is 11.8. The Bertz CT molecular complexity index is 461. The summed E-state index contributed by atoms with van der Waals surface area (Å²) in [4.78, 5) is 12.5. The minimum atomic E-state index is -0.0536. The number of anilines is 1. The average Bonchev–Trinajstić information content (AvgIpc) is 2.66. The molecule has 15 heavy (non-hydrogen) atoms. The van der Waals surface area contributed by atoms with Crippen LogP contribution in [0.1, 0.15) is 15.2 Å². The Labute approximate surface area is 92.6 Å². The van der Waals surface area contributed by atoms with Crippen molar-refractivity contribution in [1.82, 2.24) is 0 Å². The summed E-state index contributed by atoms with van der Waals surface area (Å²) in [6.07, 6.45) is 0. The molecule has 1 radical (unpaired) electrons. The van der Waals surface area contributed by atoms with Gasteiger partial charge < -0.3 is 5.32 Å². The first-order chi connectivity index (χ1) is 7.27. The summed E-state index contributed by atoms with van der Waals surface area (Å²) in [6, 6.07) is 12.1. The topological polar surface area (TPSA) is 29.1 Å². The maximum absolute atomic E-state index is 11.8. The molecule has 0 saturated carbocycles. The summed E-state index contributed by atoms with van der Waals surface area (Å²) in [7, 11) is 0. The quantitative estimate of drug-likeness (QED) is 0.821. The van der Waals surface area contributed by atoms with Gasteiger partial charge in [0, 0.05) is 5.69 Å². The molecule has 1 aromatic heterocycles. The van der Waals surface area contributed by atoms with Crippen molar-refractivity contribution in [2.75, 3.05) is 5.32 Å². The molecule has 2 rings (SSSR count). The molecule has 0 saturated heterocycles. The van der Waals surface area contributed by atoms with E-state index in [2.05, 4.69) is 11.4 Å². The molecule has 0 unspecified atom stereocenters. The van der Waals surface area contributed by atoms with Crippen LogP contribution in [0.5, 0.6) is 0 Å². The molecule has 1 amide bonds. The minimum Gasteiger partial charge on any atom is -0.321 e. The second-order valence-corrected chi connectivity index (χ2v) is 4.10. The summed E-state index contributed by atoms with van der Waals surface area (Å²) in [5.41, 5.74) is 1.78. The highest BCUT2D eigenvalue weighted by atomic mass is 32.1. The highest BCUT2D eigenvalue weighted by Crippen LogP contribution is 2.17. The largest absolute Gasteiger partial charge is 0.321 e. The second-order valence-electron chi connectivity index (χ2n) is 3.18. The highest BCUT2D eigenvalue weighted by Gasteiger charge is 2.09. The first-order valence-corrected chi connectivity index (χ1v) is 5.47. The van der Waals surface area contributed by atoms with Gasteiger partial charge in [0.15, 0.2) is 0 Å². The molecular weight excluding hydrogens is 206 g/mol. The van der Waals surface area contributed by atoms with Crippen LogP contribution in [0.4, 0.5) is 5.69 Å². The molecule has 75 valence electrons. The fourth-order valence-corrected chi connectivity index (χ4v) is 2.08. The van der Waals surface area contributed by atoms with Crippen LogP contribution in [0.3, 0.4) is 0 Å². The van der Waals surface area contributed by atoms with Crippen LogP contribution in [0.15, 0.2) is 35.7 Å². The van der Waals surface area contributed by atoms with E-state index in [4.69, 9.17) is 0 Å². The van der Waals surface area contributed by atoms with Gasteiger partial charge in [-0.05, 0) is 42.1 Å². The number of amides is 1. The van der Waals surface area contributed by atoms with Crippen molar-refractivity contribution in [2.45, 2.75) is 6.92 Å². The summed E-state index contributed by atoms with van der Waals surface area (Å²) < 4.78 is 0. The Morgan fingerprint density at radius 2 is 2.33 bits per heavy atom. The van der Waals surface area contributed by atoms with Gasteiger partial charge in [-0.1, -0.05) is 12.1 Å². The number of hydrogen-bond donors (Lipinski definition) is 1. The van der Waals surface area contributed by atoms with E-state index in [0.717, 1.165) is 16.1 Å². The predicted molar refractivity (Wildman–Crippen MR) is 62.3 cm³/mol. The zero-order chi connectivity index (χ0) is 10.7. The smallest absolute Gasteiger partial charge is 0.265 e. The lowest BCUT2D eigenvalue weighted by Crippen LogP contribution is -2.10. The number of hydrogen-bond acceptors (Lipinski definition) is 2. The number of carbonyl (C=O) groups is 1. The molecule has 0 aliphatic heterocycles. The molecule has 3 heteroatoms. The van der Waals surface area contributed by atoms with Gasteiger partial charge in [0.25, 0.3) is 5.91 Å². The van der Waals surface area contributed by atoms with Gasteiger partial charge in [-0.25, -0.2) is 0 Å². The van der Waals surface area contributed by atoms with E-state index in [9.17, 15) is 4.79 Å². The van der Waals surface area contributed by atoms with Crippen LogP contribution in [0.25, 0.3) is 0 Å². The predicted octanol–water partition coefficient (Wildman–Crippen LogP) is 3.11. The fourth-order valence-electron chi connectivity index (χ4n) is 1.26. The Morgan fingerprint density at radius 1 is 1.47 bits per heavy atom. The molecule has 0 aliphatic carbocycles. The molecular formula is C12H10NOS. The first kappa shape index (κ1) is 9.93. The summed E-state index contributed by atoms with van der Waals surface area (Å²) in [5, 5.41) is 4.74. The number of nitrogens with one attached hydrogen (secondary N) is 1. The Balaban J connectivity index is 2.15. The van der Waals surface area contributed by atoms with Gasteiger partial charge in [0.2, 0.25) is 0 Å². The zero-order valence-electron chi connectivity index (χ0n) is 8.28. The third kappa shape index (κ3) is 2.25. The second kappa shape index (κ2) is 4.28. The van der Waals surface area contributed by atoms with Gasteiger partial charge in [0.05, 0.1) is 4.88 Å². The van der Waals surface area contributed by atoms with Gasteiger partial charge in [-0.2, -0.15) is 0 Å². The molecule has 1 aromatic carbocycles. The first-order valence-electron chi connectivity index (χ1n) is 4.59. The van der Waals surface area contributed by atoms with E-state index in [1.165, 1.54) is 11.3 Å². The Hall–Kier alpha value is -1.61. The van der Waals surface area contributed by atoms with Crippen LogP contribution in [-0.2, 0) is 0 Å². The minimum absolute atomic E-state index is 0.0536. The number of carbonyl (C=O) groups excluding carboxylic acids is 1. The molecule has 2 aromatic rings. The van der Waals surface area contributed by atoms with Gasteiger partial charge >= 0.3 is 0 Å². The normalized spacial score (nSPS) is 9.93. The molecule has 2 nitrogen and oxygen atoms in total. The monoisotopic (exact) mass is 216 g/mol. The molecule has 1 N–H and O–H groups in total. The van der Waals surface area contributed by atoms with Crippen molar-refractivity contribution in [2.24, 2.45) is 0 Å². The van der Waals surface area contributed by atoms with E-state index in [1.54, 1.807) is 12.1 Å². The molecule has 0 atom stereocenters. The zero-order valence-corrected chi connectivity index (χ0v) is 9.10. The van der Waals surface area contributed by atoms with Crippen molar-refractivity contribution >= 4 is 22.9 Å². The standard InChI is InChI=1S/C12H10NOS/c1-9-7-8-15-11(9)12(14)13-10-5-3-2-4-6-10/h2-3,5-8H,1H3,(H,13,14). The summed E-state index contributed by atoms with van der Waals surface area (Å²) in [6.45, 7) is 1.93. The van der Waals surface area contributed by atoms with Crippen LogP contribution >= 0.6 is 11.3 Å². The lowest BCUT2D eigenvalue weighted by Gasteiger charge is -2.03. The van der Waals surface area contributed by atoms with Crippen molar-refractivity contribution in [3.63, 3.8) is 0 Å². The maximum Gasteiger partial charge on any atom is 0.265 e. The van der Waals surface area contributed by atoms with Crippen molar-refractivity contribution in [3.05, 3.63) is 52.2 Å². The molecule has 0 fully saturated rings. The van der Waals surface area contributed by atoms with E-state index >= 15 is 0 Å².